The third kappa shape index (κ3) is 6.51. The van der Waals surface area contributed by atoms with Gasteiger partial charge in [-0.25, -0.2) is 4.98 Å². The van der Waals surface area contributed by atoms with E-state index in [1.54, 1.807) is 4.57 Å². The minimum Gasteiger partial charge on any atom is -0.396 e. The first kappa shape index (κ1) is 24.3. The molecule has 0 aliphatic rings. The van der Waals surface area contributed by atoms with E-state index in [9.17, 15) is 13.2 Å². The van der Waals surface area contributed by atoms with Gasteiger partial charge in [0.15, 0.2) is 0 Å². The maximum absolute atomic E-state index is 13.2. The van der Waals surface area contributed by atoms with Gasteiger partial charge < -0.3 is 14.4 Å². The lowest BCUT2D eigenvalue weighted by Crippen LogP contribution is -2.31. The van der Waals surface area contributed by atoms with Gasteiger partial charge in [0.2, 0.25) is 0 Å². The summed E-state index contributed by atoms with van der Waals surface area (Å²) in [5, 5.41) is 8.66. The molecule has 0 bridgehead atoms. The van der Waals surface area contributed by atoms with Gasteiger partial charge in [-0.3, -0.25) is 0 Å². The number of nitrogens with zero attached hydrogens (tertiary/aromatic N) is 2. The summed E-state index contributed by atoms with van der Waals surface area (Å²) in [5.74, 6) is 1.55. The number of aliphatic hydroxyl groups is 1. The lowest BCUT2D eigenvalue weighted by Gasteiger charge is -2.18. The fourth-order valence-electron chi connectivity index (χ4n) is 2.79. The largest absolute Gasteiger partial charge is 0.417 e. The molecular formula is C20H29ClF3N2O2S+. The molecule has 0 aliphatic heterocycles. The van der Waals surface area contributed by atoms with Crippen molar-refractivity contribution in [2.45, 2.75) is 57.7 Å². The second-order valence-corrected chi connectivity index (χ2v) is 11.3. The number of aromatic nitrogens is 2. The Morgan fingerprint density at radius 2 is 1.90 bits per heavy atom. The molecule has 1 aromatic heterocycles. The molecule has 0 spiro atoms. The molecule has 1 heterocycles. The Balaban J connectivity index is 2.25. The standard InChI is InChI=1S/C20H29ClF3N2O2S/c1-19(2,3)29(4)10-9-28-13-26-17-12-15(21)14(20(22,23)24)11-16(17)25-18(26)7-5-6-8-27/h11-12,27H,5-10,13H2,1-4H3/q+1. The highest BCUT2D eigenvalue weighted by Crippen LogP contribution is 2.37. The predicted molar refractivity (Wildman–Crippen MR) is 114 cm³/mol. The number of fused-ring (bicyclic) bond motifs is 1. The van der Waals surface area contributed by atoms with Gasteiger partial charge in [-0.05, 0) is 56.6 Å². The van der Waals surface area contributed by atoms with Crippen LogP contribution in [0.1, 0.15) is 45.0 Å². The van der Waals surface area contributed by atoms with Crippen molar-refractivity contribution in [2.75, 3.05) is 25.2 Å². The summed E-state index contributed by atoms with van der Waals surface area (Å²) in [5.41, 5.74) is -0.123. The third-order valence-electron chi connectivity index (χ3n) is 4.83. The van der Waals surface area contributed by atoms with E-state index in [0.717, 1.165) is 11.8 Å². The SMILES string of the molecule is C[S+](CCOCn1c(CCCCO)nc2cc(C(F)(F)F)c(Cl)cc21)C(C)(C)C. The number of rotatable bonds is 9. The number of halogens is 4. The summed E-state index contributed by atoms with van der Waals surface area (Å²) in [7, 11) is 0.185. The number of unbranched alkanes of at least 4 members (excludes halogenated alkanes) is 1. The van der Waals surface area contributed by atoms with Crippen LogP contribution in [0.2, 0.25) is 5.02 Å². The Morgan fingerprint density at radius 1 is 1.21 bits per heavy atom. The van der Waals surface area contributed by atoms with Crippen LogP contribution in [0.25, 0.3) is 11.0 Å². The van der Waals surface area contributed by atoms with Crippen molar-refractivity contribution < 1.29 is 23.0 Å². The second kappa shape index (κ2) is 9.90. The second-order valence-electron chi connectivity index (χ2n) is 7.95. The molecule has 0 radical (unpaired) electrons. The fourth-order valence-corrected chi connectivity index (χ4v) is 4.03. The quantitative estimate of drug-likeness (QED) is 0.427. The molecule has 29 heavy (non-hydrogen) atoms. The number of aryl methyl sites for hydroxylation is 1. The highest BCUT2D eigenvalue weighted by atomic mass is 35.5. The molecule has 1 unspecified atom stereocenters. The Kier molecular flexibility index (Phi) is 8.30. The molecule has 1 aromatic carbocycles. The number of ether oxygens (including phenoxy) is 1. The number of aliphatic hydroxyl groups excluding tert-OH is 1. The minimum atomic E-state index is -4.54. The summed E-state index contributed by atoms with van der Waals surface area (Å²) < 4.78 is 47.4. The average Bonchev–Trinajstić information content (AvgIpc) is 2.93. The zero-order chi connectivity index (χ0) is 21.8. The van der Waals surface area contributed by atoms with Crippen molar-refractivity contribution in [3.05, 3.63) is 28.5 Å². The molecule has 2 aromatic rings. The molecule has 0 saturated heterocycles. The van der Waals surface area contributed by atoms with Gasteiger partial charge in [-0.15, -0.1) is 0 Å². The highest BCUT2D eigenvalue weighted by Gasteiger charge is 2.34. The molecule has 0 amide bonds. The van der Waals surface area contributed by atoms with Gasteiger partial charge in [-0.1, -0.05) is 11.6 Å². The lowest BCUT2D eigenvalue weighted by atomic mass is 10.2. The summed E-state index contributed by atoms with van der Waals surface area (Å²) >= 11 is 5.92. The summed E-state index contributed by atoms with van der Waals surface area (Å²) in [6.45, 7) is 7.40. The van der Waals surface area contributed by atoms with E-state index in [2.05, 4.69) is 32.0 Å². The van der Waals surface area contributed by atoms with Crippen molar-refractivity contribution >= 4 is 33.5 Å². The highest BCUT2D eigenvalue weighted by molar-refractivity contribution is 7.97. The zero-order valence-electron chi connectivity index (χ0n) is 17.3. The number of benzene rings is 1. The topological polar surface area (TPSA) is 47.3 Å². The first-order valence-corrected chi connectivity index (χ1v) is 11.7. The van der Waals surface area contributed by atoms with Gasteiger partial charge in [0.1, 0.15) is 23.1 Å². The zero-order valence-corrected chi connectivity index (χ0v) is 18.8. The molecule has 0 fully saturated rings. The normalized spacial score (nSPS) is 14.0. The van der Waals surface area contributed by atoms with Crippen LogP contribution in [-0.4, -0.2) is 44.6 Å². The molecule has 9 heteroatoms. The first-order chi connectivity index (χ1) is 13.4. The Labute approximate surface area is 177 Å². The van der Waals surface area contributed by atoms with Gasteiger partial charge in [0.25, 0.3) is 0 Å². The van der Waals surface area contributed by atoms with Crippen molar-refractivity contribution in [3.8, 4) is 0 Å². The van der Waals surface area contributed by atoms with Crippen LogP contribution < -0.4 is 0 Å². The van der Waals surface area contributed by atoms with Crippen LogP contribution in [-0.2, 0) is 35.0 Å². The first-order valence-electron chi connectivity index (χ1n) is 9.52. The van der Waals surface area contributed by atoms with Gasteiger partial charge in [0.05, 0.1) is 34.5 Å². The maximum Gasteiger partial charge on any atom is 0.417 e. The van der Waals surface area contributed by atoms with Crippen molar-refractivity contribution in [1.82, 2.24) is 9.55 Å². The summed E-state index contributed by atoms with van der Waals surface area (Å²) in [4.78, 5) is 4.40. The van der Waals surface area contributed by atoms with E-state index in [4.69, 9.17) is 21.4 Å². The molecule has 1 atom stereocenters. The molecular weight excluding hydrogens is 425 g/mol. The third-order valence-corrected chi connectivity index (χ3v) is 8.01. The van der Waals surface area contributed by atoms with Crippen LogP contribution in [0.5, 0.6) is 0 Å². The van der Waals surface area contributed by atoms with E-state index in [0.29, 0.717) is 37.2 Å². The molecule has 2 rings (SSSR count). The van der Waals surface area contributed by atoms with E-state index in [1.165, 1.54) is 6.07 Å². The number of hydrogen-bond acceptors (Lipinski definition) is 3. The molecule has 1 N–H and O–H groups in total. The monoisotopic (exact) mass is 453 g/mol. The lowest BCUT2D eigenvalue weighted by molar-refractivity contribution is -0.137. The fraction of sp³-hybridized carbons (Fsp3) is 0.650. The molecule has 0 aliphatic carbocycles. The summed E-state index contributed by atoms with van der Waals surface area (Å²) in [6.07, 6.45) is -0.510. The number of alkyl halides is 3. The average molecular weight is 454 g/mol. The van der Waals surface area contributed by atoms with Crippen LogP contribution >= 0.6 is 11.6 Å². The van der Waals surface area contributed by atoms with Crippen molar-refractivity contribution in [3.63, 3.8) is 0 Å². The molecule has 164 valence electrons. The van der Waals surface area contributed by atoms with Crippen molar-refractivity contribution in [2.24, 2.45) is 0 Å². The Bertz CT molecular complexity index is 819. The summed E-state index contributed by atoms with van der Waals surface area (Å²) in [6, 6.07) is 2.30. The molecule has 4 nitrogen and oxygen atoms in total. The van der Waals surface area contributed by atoms with Crippen LogP contribution in [0.3, 0.4) is 0 Å². The smallest absolute Gasteiger partial charge is 0.396 e. The number of hydrogen-bond donors (Lipinski definition) is 1. The van der Waals surface area contributed by atoms with Crippen LogP contribution in [0.4, 0.5) is 13.2 Å². The van der Waals surface area contributed by atoms with Crippen LogP contribution in [0, 0.1) is 0 Å². The Hall–Kier alpha value is -0.960. The van der Waals surface area contributed by atoms with Gasteiger partial charge >= 0.3 is 6.18 Å². The van der Waals surface area contributed by atoms with Gasteiger partial charge in [0, 0.05) is 13.0 Å². The van der Waals surface area contributed by atoms with E-state index in [1.807, 2.05) is 0 Å². The van der Waals surface area contributed by atoms with E-state index in [-0.39, 0.29) is 39.5 Å². The maximum atomic E-state index is 13.2. The van der Waals surface area contributed by atoms with Gasteiger partial charge in [-0.2, -0.15) is 13.2 Å². The predicted octanol–water partition coefficient (Wildman–Crippen LogP) is 5.04. The van der Waals surface area contributed by atoms with E-state index < -0.39 is 11.7 Å². The number of imidazole rings is 1. The van der Waals surface area contributed by atoms with E-state index >= 15 is 0 Å². The van der Waals surface area contributed by atoms with Crippen molar-refractivity contribution in [1.29, 1.82) is 0 Å². The Morgan fingerprint density at radius 3 is 2.48 bits per heavy atom. The van der Waals surface area contributed by atoms with Crippen LogP contribution in [0.15, 0.2) is 12.1 Å². The minimum absolute atomic E-state index is 0.0619. The molecule has 0 saturated carbocycles.